The van der Waals surface area contributed by atoms with E-state index in [2.05, 4.69) is 15.0 Å². The van der Waals surface area contributed by atoms with Crippen LogP contribution in [0.2, 0.25) is 5.02 Å². The highest BCUT2D eigenvalue weighted by molar-refractivity contribution is 7.09. The van der Waals surface area contributed by atoms with Crippen LogP contribution in [0.15, 0.2) is 48.5 Å². The topological polar surface area (TPSA) is 127 Å². The number of amides is 3. The Morgan fingerprint density at radius 1 is 1.10 bits per heavy atom. The summed E-state index contributed by atoms with van der Waals surface area (Å²) in [6, 6.07) is 13.2. The molecule has 1 aromatic heterocycles. The zero-order valence-corrected chi connectivity index (χ0v) is 25.2. The predicted octanol–water partition coefficient (Wildman–Crippen LogP) is 5.43. The summed E-state index contributed by atoms with van der Waals surface area (Å²) in [5.74, 6) is -1.29. The van der Waals surface area contributed by atoms with E-state index in [9.17, 15) is 14.4 Å². The number of aromatic nitrogens is 1. The first-order chi connectivity index (χ1) is 20.3. The van der Waals surface area contributed by atoms with E-state index in [1.807, 2.05) is 25.1 Å². The monoisotopic (exact) mass is 609 g/mol. The Kier molecular flexibility index (Phi) is 9.76. The number of ether oxygens (including phenoxy) is 1. The van der Waals surface area contributed by atoms with Gasteiger partial charge in [0.15, 0.2) is 5.69 Å². The molecular formula is C31H36ClN5O4S. The molecule has 0 spiro atoms. The van der Waals surface area contributed by atoms with Gasteiger partial charge in [-0.3, -0.25) is 19.3 Å². The predicted molar refractivity (Wildman–Crippen MR) is 165 cm³/mol. The Bertz CT molecular complexity index is 1420. The molecule has 2 atom stereocenters. The van der Waals surface area contributed by atoms with Crippen LogP contribution in [0.4, 0.5) is 11.4 Å². The number of nitrogens with two attached hydrogens (primary N) is 1. The minimum atomic E-state index is -1.06. The Labute approximate surface area is 254 Å². The van der Waals surface area contributed by atoms with Gasteiger partial charge in [0.05, 0.1) is 11.8 Å². The minimum absolute atomic E-state index is 0.00517. The summed E-state index contributed by atoms with van der Waals surface area (Å²) >= 11 is 7.05. The quantitative estimate of drug-likeness (QED) is 0.297. The third kappa shape index (κ3) is 6.94. The fourth-order valence-electron chi connectivity index (χ4n) is 5.57. The summed E-state index contributed by atoms with van der Waals surface area (Å²) in [4.78, 5) is 43.0. The summed E-state index contributed by atoms with van der Waals surface area (Å²) in [6.45, 7) is 2.90. The maximum absolute atomic E-state index is 14.4. The molecule has 11 heteroatoms. The van der Waals surface area contributed by atoms with Crippen molar-refractivity contribution in [3.63, 3.8) is 0 Å². The normalized spacial score (nSPS) is 17.9. The lowest BCUT2D eigenvalue weighted by molar-refractivity contribution is -0.123. The molecular weight excluding hydrogens is 574 g/mol. The molecule has 3 amide bonds. The van der Waals surface area contributed by atoms with Crippen molar-refractivity contribution in [1.29, 1.82) is 0 Å². The van der Waals surface area contributed by atoms with Gasteiger partial charge in [0.1, 0.15) is 10.9 Å². The molecule has 2 fully saturated rings. The lowest BCUT2D eigenvalue weighted by Gasteiger charge is -2.32. The van der Waals surface area contributed by atoms with Crippen LogP contribution in [0.3, 0.4) is 0 Å². The molecule has 1 aliphatic carbocycles. The summed E-state index contributed by atoms with van der Waals surface area (Å²) < 4.78 is 10.00. The molecule has 1 aliphatic heterocycles. The molecule has 2 aliphatic rings. The van der Waals surface area contributed by atoms with E-state index in [1.165, 1.54) is 4.90 Å². The third-order valence-corrected chi connectivity index (χ3v) is 8.90. The average molecular weight is 610 g/mol. The zero-order valence-electron chi connectivity index (χ0n) is 23.6. The van der Waals surface area contributed by atoms with Crippen LogP contribution in [0.5, 0.6) is 0 Å². The molecule has 9 nitrogen and oxygen atoms in total. The van der Waals surface area contributed by atoms with E-state index in [0.29, 0.717) is 29.4 Å². The van der Waals surface area contributed by atoms with Crippen LogP contribution in [-0.4, -0.2) is 47.4 Å². The number of benzene rings is 2. The maximum atomic E-state index is 14.4. The van der Waals surface area contributed by atoms with E-state index in [4.69, 9.17) is 22.1 Å². The fraction of sp³-hybridized carbons (Fsp3) is 0.419. The zero-order chi connectivity index (χ0) is 29.6. The Morgan fingerprint density at radius 3 is 2.55 bits per heavy atom. The number of nitrogen functional groups attached to an aromatic ring is 1. The van der Waals surface area contributed by atoms with Crippen molar-refractivity contribution in [2.45, 2.75) is 70.1 Å². The van der Waals surface area contributed by atoms with Crippen molar-refractivity contribution in [3.05, 3.63) is 75.3 Å². The number of rotatable bonds is 9. The maximum Gasteiger partial charge on any atom is 0.273 e. The second kappa shape index (κ2) is 13.7. The lowest BCUT2D eigenvalue weighted by atomic mass is 9.95. The summed E-state index contributed by atoms with van der Waals surface area (Å²) in [7, 11) is 0. The van der Waals surface area contributed by atoms with Gasteiger partial charge in [-0.2, -0.15) is 4.37 Å². The van der Waals surface area contributed by atoms with Crippen LogP contribution in [-0.2, 0) is 9.53 Å². The van der Waals surface area contributed by atoms with Crippen molar-refractivity contribution < 1.29 is 19.1 Å². The Hall–Kier alpha value is -3.47. The van der Waals surface area contributed by atoms with E-state index < -0.39 is 11.9 Å². The van der Waals surface area contributed by atoms with Crippen molar-refractivity contribution in [2.24, 2.45) is 0 Å². The number of carbonyl (C=O) groups excluding carboxylic acids is 3. The van der Waals surface area contributed by atoms with E-state index in [0.717, 1.165) is 62.0 Å². The summed E-state index contributed by atoms with van der Waals surface area (Å²) in [5, 5.41) is 6.52. The van der Waals surface area contributed by atoms with Crippen LogP contribution < -0.4 is 21.3 Å². The third-order valence-electron chi connectivity index (χ3n) is 7.80. The first kappa shape index (κ1) is 30.0. The first-order valence-electron chi connectivity index (χ1n) is 14.4. The average Bonchev–Trinajstić information content (AvgIpc) is 3.65. The van der Waals surface area contributed by atoms with Gasteiger partial charge in [-0.25, -0.2) is 0 Å². The molecule has 4 N–H and O–H groups in total. The number of hydrogen-bond acceptors (Lipinski definition) is 7. The molecule has 5 rings (SSSR count). The summed E-state index contributed by atoms with van der Waals surface area (Å²) in [5.41, 5.74) is 8.46. The molecule has 2 aromatic carbocycles. The molecule has 3 aromatic rings. The van der Waals surface area contributed by atoms with E-state index >= 15 is 0 Å². The number of halogens is 1. The fourth-order valence-corrected chi connectivity index (χ4v) is 6.43. The highest BCUT2D eigenvalue weighted by Gasteiger charge is 2.37. The second-order valence-corrected chi connectivity index (χ2v) is 12.1. The highest BCUT2D eigenvalue weighted by Crippen LogP contribution is 2.34. The molecule has 2 heterocycles. The van der Waals surface area contributed by atoms with Gasteiger partial charge in [0, 0.05) is 29.9 Å². The highest BCUT2D eigenvalue weighted by atomic mass is 35.5. The van der Waals surface area contributed by atoms with Crippen molar-refractivity contribution in [1.82, 2.24) is 15.0 Å². The van der Waals surface area contributed by atoms with Crippen LogP contribution >= 0.6 is 23.1 Å². The number of nitrogens with one attached hydrogen (secondary N) is 2. The van der Waals surface area contributed by atoms with Gasteiger partial charge in [-0.1, -0.05) is 55.1 Å². The van der Waals surface area contributed by atoms with Gasteiger partial charge in [-0.15, -0.1) is 0 Å². The van der Waals surface area contributed by atoms with Gasteiger partial charge in [0.2, 0.25) is 5.91 Å². The van der Waals surface area contributed by atoms with Crippen molar-refractivity contribution in [3.8, 4) is 0 Å². The van der Waals surface area contributed by atoms with Crippen LogP contribution in [0.25, 0.3) is 0 Å². The van der Waals surface area contributed by atoms with Gasteiger partial charge in [-0.05, 0) is 79.5 Å². The van der Waals surface area contributed by atoms with Gasteiger partial charge < -0.3 is 21.1 Å². The van der Waals surface area contributed by atoms with Gasteiger partial charge >= 0.3 is 0 Å². The molecule has 0 bridgehead atoms. The van der Waals surface area contributed by atoms with Gasteiger partial charge in [0.25, 0.3) is 11.8 Å². The minimum Gasteiger partial charge on any atom is -0.395 e. The number of anilines is 2. The van der Waals surface area contributed by atoms with Crippen LogP contribution in [0.1, 0.15) is 82.3 Å². The number of carbonyl (C=O) groups is 3. The number of hydrogen-bond donors (Lipinski definition) is 3. The standard InChI is InChI=1S/C31H36ClN5O4S/c1-19-7-5-10-23(17-19)37(27(20-12-14-21(32)15-13-20)30(39)34-18-24-11-6-16-41-24)31(40)28-25(33)26(36-42-28)29(38)35-22-8-3-2-4-9-22/h5,7,10,12-15,17,22,24,27H,2-4,6,8-9,11,16,18,33H2,1H3,(H,34,39)(H,35,38)/t24-,27+/m0/s1. The van der Waals surface area contributed by atoms with E-state index in [-0.39, 0.29) is 40.2 Å². The van der Waals surface area contributed by atoms with E-state index in [1.54, 1.807) is 30.3 Å². The largest absolute Gasteiger partial charge is 0.395 e. The number of nitrogens with zero attached hydrogens (tertiary/aromatic N) is 2. The molecule has 0 radical (unpaired) electrons. The molecule has 0 unspecified atom stereocenters. The Morgan fingerprint density at radius 2 is 1.86 bits per heavy atom. The second-order valence-electron chi connectivity index (χ2n) is 10.9. The smallest absolute Gasteiger partial charge is 0.273 e. The lowest BCUT2D eigenvalue weighted by Crippen LogP contribution is -2.45. The SMILES string of the molecule is Cc1cccc(N(C(=O)c2snc(C(=O)NC3CCCCC3)c2N)[C@@H](C(=O)NC[C@@H]2CCCO2)c2ccc(Cl)cc2)c1. The molecule has 222 valence electrons. The van der Waals surface area contributed by atoms with Crippen molar-refractivity contribution in [2.75, 3.05) is 23.8 Å². The molecule has 1 saturated carbocycles. The van der Waals surface area contributed by atoms with Crippen LogP contribution in [0, 0.1) is 6.92 Å². The van der Waals surface area contributed by atoms with Crippen molar-refractivity contribution >= 4 is 52.2 Å². The number of aryl methyl sites for hydroxylation is 1. The Balaban J connectivity index is 1.50. The molecule has 1 saturated heterocycles. The first-order valence-corrected chi connectivity index (χ1v) is 15.6. The molecule has 42 heavy (non-hydrogen) atoms. The summed E-state index contributed by atoms with van der Waals surface area (Å²) in [6.07, 6.45) is 6.83.